The number of carbonyl (C=O) groups excluding carboxylic acids is 2. The van der Waals surface area contributed by atoms with Gasteiger partial charge in [-0.25, -0.2) is 9.97 Å². The number of para-hydroxylation sites is 1. The Bertz CT molecular complexity index is 1340. The molecule has 8 nitrogen and oxygen atoms in total. The number of benzene rings is 2. The van der Waals surface area contributed by atoms with Crippen LogP contribution in [-0.2, 0) is 4.79 Å². The molecule has 1 fully saturated rings. The topological polar surface area (TPSA) is 100 Å². The summed E-state index contributed by atoms with van der Waals surface area (Å²) in [6.45, 7) is 1.33. The van der Waals surface area contributed by atoms with E-state index in [-0.39, 0.29) is 16.8 Å². The number of rotatable bonds is 7. The summed E-state index contributed by atoms with van der Waals surface area (Å²) in [7, 11) is 0. The normalized spacial score (nSPS) is 15.8. The van der Waals surface area contributed by atoms with Crippen molar-refractivity contribution < 1.29 is 14.3 Å². The molecule has 1 atom stereocenters. The van der Waals surface area contributed by atoms with Crippen LogP contribution in [0.2, 0.25) is 5.02 Å². The Morgan fingerprint density at radius 1 is 1.15 bits per heavy atom. The van der Waals surface area contributed by atoms with Crippen LogP contribution in [0, 0.1) is 0 Å². The molecular formula is C25H22ClN5O3. The van der Waals surface area contributed by atoms with Crippen molar-refractivity contribution in [3.05, 3.63) is 77.2 Å². The highest BCUT2D eigenvalue weighted by atomic mass is 35.5. The second kappa shape index (κ2) is 9.52. The lowest BCUT2D eigenvalue weighted by Crippen LogP contribution is -2.41. The molecule has 9 heteroatoms. The molecule has 1 aliphatic rings. The number of fused-ring (bicyclic) bond motifs is 1. The third kappa shape index (κ3) is 4.45. The smallest absolute Gasteiger partial charge is 0.209 e. The highest BCUT2D eigenvalue weighted by Crippen LogP contribution is 2.31. The summed E-state index contributed by atoms with van der Waals surface area (Å²) in [6, 6.07) is 14.4. The number of piperidine rings is 1. The number of aromatic amines is 1. The highest BCUT2D eigenvalue weighted by molar-refractivity contribution is 6.35. The van der Waals surface area contributed by atoms with Crippen molar-refractivity contribution >= 4 is 40.6 Å². The van der Waals surface area contributed by atoms with Crippen molar-refractivity contribution in [3.8, 4) is 11.5 Å². The van der Waals surface area contributed by atoms with E-state index in [0.717, 1.165) is 25.8 Å². The number of H-pyrrole nitrogens is 1. The standard InChI is InChI=1S/C25H22ClN5O3/c26-21-11-18(34-17-6-2-1-3-7-17)8-9-19(21)23(33)20-12-27-24-22(20)25(29-14-28-24)30-16-5-4-10-31(13-16)15-32/h1-3,6-9,11-12,14-16H,4-5,10,13H2,(H2,27,28,29,30). The molecule has 172 valence electrons. The molecule has 2 aromatic carbocycles. The van der Waals surface area contributed by atoms with E-state index in [4.69, 9.17) is 16.3 Å². The summed E-state index contributed by atoms with van der Waals surface area (Å²) >= 11 is 6.49. The van der Waals surface area contributed by atoms with E-state index in [0.29, 0.717) is 46.0 Å². The predicted octanol–water partition coefficient (Wildman–Crippen LogP) is 4.67. The van der Waals surface area contributed by atoms with Crippen molar-refractivity contribution in [2.45, 2.75) is 18.9 Å². The molecular weight excluding hydrogens is 454 g/mol. The number of ketones is 1. The first-order valence-electron chi connectivity index (χ1n) is 11.0. The molecule has 34 heavy (non-hydrogen) atoms. The van der Waals surface area contributed by atoms with Crippen molar-refractivity contribution in [2.75, 3.05) is 18.4 Å². The van der Waals surface area contributed by atoms with Crippen molar-refractivity contribution in [1.29, 1.82) is 0 Å². The van der Waals surface area contributed by atoms with Gasteiger partial charge in [0.05, 0.1) is 16.0 Å². The molecule has 0 radical (unpaired) electrons. The molecule has 0 spiro atoms. The first-order chi connectivity index (χ1) is 16.6. The third-order valence-electron chi connectivity index (χ3n) is 5.82. The van der Waals surface area contributed by atoms with Crippen LogP contribution >= 0.6 is 11.6 Å². The SMILES string of the molecule is O=CN1CCCC(Nc2ncnc3[nH]cc(C(=O)c4ccc(Oc5ccccc5)cc4Cl)c23)C1. The molecule has 1 aliphatic heterocycles. The molecule has 1 unspecified atom stereocenters. The first-order valence-corrected chi connectivity index (χ1v) is 11.4. The fourth-order valence-corrected chi connectivity index (χ4v) is 4.43. The van der Waals surface area contributed by atoms with Gasteiger partial charge in [-0.1, -0.05) is 29.8 Å². The van der Waals surface area contributed by atoms with E-state index in [1.54, 1.807) is 29.3 Å². The number of nitrogens with zero attached hydrogens (tertiary/aromatic N) is 3. The minimum absolute atomic E-state index is 0.0351. The van der Waals surface area contributed by atoms with Gasteiger partial charge in [0, 0.05) is 37.0 Å². The van der Waals surface area contributed by atoms with Crippen LogP contribution in [0.4, 0.5) is 5.82 Å². The van der Waals surface area contributed by atoms with Crippen LogP contribution in [0.25, 0.3) is 11.0 Å². The third-order valence-corrected chi connectivity index (χ3v) is 6.13. The van der Waals surface area contributed by atoms with Gasteiger partial charge in [-0.2, -0.15) is 0 Å². The van der Waals surface area contributed by atoms with Crippen LogP contribution < -0.4 is 10.1 Å². The number of halogens is 1. The average molecular weight is 476 g/mol. The number of hydrogen-bond acceptors (Lipinski definition) is 6. The van der Waals surface area contributed by atoms with Crippen LogP contribution in [0.1, 0.15) is 28.8 Å². The maximum absolute atomic E-state index is 13.5. The molecule has 0 bridgehead atoms. The van der Waals surface area contributed by atoms with Gasteiger partial charge in [-0.05, 0) is 37.1 Å². The molecule has 0 aliphatic carbocycles. The van der Waals surface area contributed by atoms with Gasteiger partial charge >= 0.3 is 0 Å². The van der Waals surface area contributed by atoms with Crippen LogP contribution in [-0.4, -0.2) is 51.2 Å². The number of ether oxygens (including phenoxy) is 1. The van der Waals surface area contributed by atoms with Crippen molar-refractivity contribution in [2.24, 2.45) is 0 Å². The van der Waals surface area contributed by atoms with Crippen molar-refractivity contribution in [1.82, 2.24) is 19.9 Å². The number of carbonyl (C=O) groups is 2. The minimum atomic E-state index is -0.251. The van der Waals surface area contributed by atoms with Gasteiger partial charge < -0.3 is 19.9 Å². The zero-order valence-corrected chi connectivity index (χ0v) is 19.0. The Kier molecular flexibility index (Phi) is 6.14. The number of hydrogen-bond donors (Lipinski definition) is 2. The second-order valence-corrected chi connectivity index (χ2v) is 8.53. The first kappa shape index (κ1) is 21.9. The van der Waals surface area contributed by atoms with E-state index >= 15 is 0 Å². The van der Waals surface area contributed by atoms with Crippen LogP contribution in [0.3, 0.4) is 0 Å². The lowest BCUT2D eigenvalue weighted by Gasteiger charge is -2.30. The van der Waals surface area contributed by atoms with E-state index < -0.39 is 0 Å². The van der Waals surface area contributed by atoms with Gasteiger partial charge in [0.2, 0.25) is 6.41 Å². The molecule has 1 saturated heterocycles. The highest BCUT2D eigenvalue weighted by Gasteiger charge is 2.24. The monoisotopic (exact) mass is 475 g/mol. The van der Waals surface area contributed by atoms with Gasteiger partial charge in [0.1, 0.15) is 29.3 Å². The molecule has 1 amide bonds. The summed E-state index contributed by atoms with van der Waals surface area (Å²) in [5.41, 5.74) is 1.31. The quantitative estimate of drug-likeness (QED) is 0.297. The van der Waals surface area contributed by atoms with Gasteiger partial charge in [0.25, 0.3) is 0 Å². The zero-order valence-electron chi connectivity index (χ0n) is 18.2. The Balaban J connectivity index is 1.43. The molecule has 2 aromatic heterocycles. The van der Waals surface area contributed by atoms with E-state index in [2.05, 4.69) is 20.3 Å². The molecule has 2 N–H and O–H groups in total. The molecule has 4 aromatic rings. The average Bonchev–Trinajstić information content (AvgIpc) is 3.30. The Labute approximate surface area is 200 Å². The predicted molar refractivity (Wildman–Crippen MR) is 130 cm³/mol. The van der Waals surface area contributed by atoms with Crippen LogP contribution in [0.15, 0.2) is 61.1 Å². The summed E-state index contributed by atoms with van der Waals surface area (Å²) in [4.78, 5) is 38.1. The number of nitrogens with one attached hydrogen (secondary N) is 2. The van der Waals surface area contributed by atoms with E-state index in [9.17, 15) is 9.59 Å². The Hall–Kier alpha value is -3.91. The Morgan fingerprint density at radius 2 is 2.00 bits per heavy atom. The molecule has 3 heterocycles. The van der Waals surface area contributed by atoms with Gasteiger partial charge in [-0.3, -0.25) is 9.59 Å². The largest absolute Gasteiger partial charge is 0.457 e. The number of likely N-dealkylation sites (tertiary alicyclic amines) is 1. The fourth-order valence-electron chi connectivity index (χ4n) is 4.18. The zero-order chi connectivity index (χ0) is 23.5. The number of anilines is 1. The lowest BCUT2D eigenvalue weighted by atomic mass is 10.0. The minimum Gasteiger partial charge on any atom is -0.457 e. The summed E-state index contributed by atoms with van der Waals surface area (Å²) in [5.74, 6) is 1.51. The van der Waals surface area contributed by atoms with E-state index in [1.165, 1.54) is 6.33 Å². The summed E-state index contributed by atoms with van der Waals surface area (Å²) in [6.07, 6.45) is 5.73. The maximum atomic E-state index is 13.5. The van der Waals surface area contributed by atoms with E-state index in [1.807, 2.05) is 30.3 Å². The maximum Gasteiger partial charge on any atom is 0.209 e. The summed E-state index contributed by atoms with van der Waals surface area (Å²) < 4.78 is 5.82. The van der Waals surface area contributed by atoms with Crippen LogP contribution in [0.5, 0.6) is 11.5 Å². The fraction of sp³-hybridized carbons (Fsp3) is 0.200. The molecule has 5 rings (SSSR count). The number of aromatic nitrogens is 3. The van der Waals surface area contributed by atoms with Crippen molar-refractivity contribution in [3.63, 3.8) is 0 Å². The summed E-state index contributed by atoms with van der Waals surface area (Å²) in [5, 5.41) is 4.27. The van der Waals surface area contributed by atoms with Gasteiger partial charge in [-0.15, -0.1) is 0 Å². The Morgan fingerprint density at radius 3 is 2.79 bits per heavy atom. The second-order valence-electron chi connectivity index (χ2n) is 8.12. The van der Waals surface area contributed by atoms with Gasteiger partial charge in [0.15, 0.2) is 5.78 Å². The number of amides is 1. The lowest BCUT2D eigenvalue weighted by molar-refractivity contribution is -0.119. The molecule has 0 saturated carbocycles.